The van der Waals surface area contributed by atoms with Gasteiger partial charge in [0.25, 0.3) is 0 Å². The molecule has 2 unspecified atom stereocenters. The van der Waals surface area contributed by atoms with Crippen LogP contribution in [0.5, 0.6) is 0 Å². The molecule has 0 spiro atoms. The van der Waals surface area contributed by atoms with Crippen LogP contribution in [0.25, 0.3) is 0 Å². The predicted molar refractivity (Wildman–Crippen MR) is 84.6 cm³/mol. The molecule has 0 amide bonds. The zero-order valence-corrected chi connectivity index (χ0v) is 14.5. The Morgan fingerprint density at radius 2 is 2.15 bits per heavy atom. The summed E-state index contributed by atoms with van der Waals surface area (Å²) < 4.78 is 3.25. The van der Waals surface area contributed by atoms with Gasteiger partial charge < -0.3 is 5.32 Å². The molecule has 2 aliphatic rings. The van der Waals surface area contributed by atoms with E-state index in [1.807, 2.05) is 4.68 Å². The van der Waals surface area contributed by atoms with E-state index in [-0.39, 0.29) is 5.54 Å². The van der Waals surface area contributed by atoms with Crippen molar-refractivity contribution >= 4 is 15.9 Å². The van der Waals surface area contributed by atoms with Crippen LogP contribution in [0.2, 0.25) is 0 Å². The van der Waals surface area contributed by atoms with Gasteiger partial charge in [-0.05, 0) is 54.6 Å². The molecule has 2 saturated heterocycles. The van der Waals surface area contributed by atoms with Gasteiger partial charge in [-0.1, -0.05) is 6.92 Å². The molecular weight excluding hydrogens is 316 g/mol. The van der Waals surface area contributed by atoms with Crippen molar-refractivity contribution in [2.45, 2.75) is 39.3 Å². The minimum atomic E-state index is 0.268. The zero-order valence-electron chi connectivity index (χ0n) is 12.9. The summed E-state index contributed by atoms with van der Waals surface area (Å²) in [5, 5.41) is 8.17. The molecule has 1 N–H and O–H groups in total. The molecule has 1 aromatic rings. The minimum Gasteiger partial charge on any atom is -0.316 e. The van der Waals surface area contributed by atoms with Crippen molar-refractivity contribution in [3.05, 3.63) is 15.9 Å². The Bertz CT molecular complexity index is 508. The van der Waals surface area contributed by atoms with E-state index in [0.717, 1.165) is 24.8 Å². The standard InChI is InChI=1S/C15H25BrN4/c1-5-12-14(16)13(19(4)18-12)9-20-8-10-6-17-7-11(10)15(20,2)3/h10-11,17H,5-9H2,1-4H3. The molecule has 2 aliphatic heterocycles. The van der Waals surface area contributed by atoms with E-state index in [4.69, 9.17) is 0 Å². The van der Waals surface area contributed by atoms with E-state index in [1.165, 1.54) is 35.5 Å². The monoisotopic (exact) mass is 340 g/mol. The predicted octanol–water partition coefficient (Wildman–Crippen LogP) is 2.17. The Morgan fingerprint density at radius 3 is 2.75 bits per heavy atom. The van der Waals surface area contributed by atoms with Crippen molar-refractivity contribution in [1.29, 1.82) is 0 Å². The van der Waals surface area contributed by atoms with Gasteiger partial charge in [0.15, 0.2) is 0 Å². The summed E-state index contributed by atoms with van der Waals surface area (Å²) in [6.45, 7) is 11.5. The molecule has 112 valence electrons. The Morgan fingerprint density at radius 1 is 1.40 bits per heavy atom. The molecule has 2 atom stereocenters. The molecule has 2 fully saturated rings. The third-order valence-corrected chi connectivity index (χ3v) is 6.28. The summed E-state index contributed by atoms with van der Waals surface area (Å²) in [4.78, 5) is 2.64. The number of hydrogen-bond acceptors (Lipinski definition) is 3. The highest BCUT2D eigenvalue weighted by atomic mass is 79.9. The highest BCUT2D eigenvalue weighted by Crippen LogP contribution is 2.41. The average Bonchev–Trinajstić information content (AvgIpc) is 3.02. The molecule has 4 nitrogen and oxygen atoms in total. The van der Waals surface area contributed by atoms with E-state index in [1.54, 1.807) is 0 Å². The molecule has 0 radical (unpaired) electrons. The molecule has 0 bridgehead atoms. The van der Waals surface area contributed by atoms with Crippen LogP contribution < -0.4 is 5.32 Å². The highest BCUT2D eigenvalue weighted by Gasteiger charge is 2.49. The summed E-state index contributed by atoms with van der Waals surface area (Å²) in [5.74, 6) is 1.59. The van der Waals surface area contributed by atoms with Crippen molar-refractivity contribution in [2.24, 2.45) is 18.9 Å². The van der Waals surface area contributed by atoms with Gasteiger partial charge in [-0.25, -0.2) is 0 Å². The lowest BCUT2D eigenvalue weighted by Crippen LogP contribution is -2.44. The molecule has 0 aromatic carbocycles. The second-order valence-corrected chi connectivity index (χ2v) is 7.54. The maximum Gasteiger partial charge on any atom is 0.0767 e. The van der Waals surface area contributed by atoms with Crippen LogP contribution >= 0.6 is 15.9 Å². The lowest BCUT2D eigenvalue weighted by molar-refractivity contribution is 0.128. The molecule has 0 saturated carbocycles. The Kier molecular flexibility index (Phi) is 3.72. The van der Waals surface area contributed by atoms with E-state index in [9.17, 15) is 0 Å². The molecule has 5 heteroatoms. The third-order valence-electron chi connectivity index (χ3n) is 5.36. The van der Waals surface area contributed by atoms with Crippen LogP contribution in [0.4, 0.5) is 0 Å². The second-order valence-electron chi connectivity index (χ2n) is 6.74. The first-order valence-electron chi connectivity index (χ1n) is 7.61. The number of halogens is 1. The normalized spacial score (nSPS) is 29.1. The largest absolute Gasteiger partial charge is 0.316 e. The number of nitrogens with one attached hydrogen (secondary N) is 1. The van der Waals surface area contributed by atoms with Gasteiger partial charge in [0.2, 0.25) is 0 Å². The van der Waals surface area contributed by atoms with E-state index in [2.05, 4.69) is 59.1 Å². The van der Waals surface area contributed by atoms with Crippen molar-refractivity contribution in [1.82, 2.24) is 20.0 Å². The SMILES string of the molecule is CCc1nn(C)c(CN2CC3CNCC3C2(C)C)c1Br. The molecule has 3 heterocycles. The van der Waals surface area contributed by atoms with E-state index >= 15 is 0 Å². The van der Waals surface area contributed by atoms with Crippen LogP contribution in [0, 0.1) is 11.8 Å². The molecule has 0 aliphatic carbocycles. The number of hydrogen-bond donors (Lipinski definition) is 1. The topological polar surface area (TPSA) is 33.1 Å². The van der Waals surface area contributed by atoms with Crippen molar-refractivity contribution < 1.29 is 0 Å². The lowest BCUT2D eigenvalue weighted by Gasteiger charge is -2.35. The summed E-state index contributed by atoms with van der Waals surface area (Å²) >= 11 is 3.75. The number of fused-ring (bicyclic) bond motifs is 1. The Labute approximate surface area is 130 Å². The van der Waals surface area contributed by atoms with Gasteiger partial charge in [-0.3, -0.25) is 9.58 Å². The van der Waals surface area contributed by atoms with Gasteiger partial charge in [0.1, 0.15) is 0 Å². The number of rotatable bonds is 3. The molecular formula is C15H25BrN4. The first-order chi connectivity index (χ1) is 9.45. The Balaban J connectivity index is 1.83. The lowest BCUT2D eigenvalue weighted by atomic mass is 9.85. The van der Waals surface area contributed by atoms with Crippen molar-refractivity contribution in [3.8, 4) is 0 Å². The number of aromatic nitrogens is 2. The first-order valence-corrected chi connectivity index (χ1v) is 8.40. The third kappa shape index (κ3) is 2.14. The van der Waals surface area contributed by atoms with E-state index < -0.39 is 0 Å². The number of aryl methyl sites for hydroxylation is 2. The van der Waals surface area contributed by atoms with Gasteiger partial charge in [0.05, 0.1) is 15.9 Å². The van der Waals surface area contributed by atoms with Gasteiger partial charge in [-0.15, -0.1) is 0 Å². The minimum absolute atomic E-state index is 0.268. The van der Waals surface area contributed by atoms with Crippen molar-refractivity contribution in [3.63, 3.8) is 0 Å². The first kappa shape index (κ1) is 14.5. The Hall–Kier alpha value is -0.390. The molecule has 1 aromatic heterocycles. The van der Waals surface area contributed by atoms with Crippen LogP contribution in [-0.2, 0) is 20.0 Å². The second kappa shape index (κ2) is 5.11. The smallest absolute Gasteiger partial charge is 0.0767 e. The van der Waals surface area contributed by atoms with Crippen molar-refractivity contribution in [2.75, 3.05) is 19.6 Å². The summed E-state index contributed by atoms with van der Waals surface area (Å²) in [6.07, 6.45) is 0.979. The zero-order chi connectivity index (χ0) is 14.5. The highest BCUT2D eigenvalue weighted by molar-refractivity contribution is 9.10. The maximum absolute atomic E-state index is 4.62. The number of nitrogens with zero attached hydrogens (tertiary/aromatic N) is 3. The van der Waals surface area contributed by atoms with Crippen LogP contribution in [0.1, 0.15) is 32.2 Å². The fraction of sp³-hybridized carbons (Fsp3) is 0.800. The van der Waals surface area contributed by atoms with Crippen LogP contribution in [0.15, 0.2) is 4.47 Å². The fourth-order valence-electron chi connectivity index (χ4n) is 3.95. The van der Waals surface area contributed by atoms with Crippen LogP contribution in [0.3, 0.4) is 0 Å². The molecule has 20 heavy (non-hydrogen) atoms. The fourth-order valence-corrected chi connectivity index (χ4v) is 4.69. The summed E-state index contributed by atoms with van der Waals surface area (Å²) in [5.41, 5.74) is 2.74. The summed E-state index contributed by atoms with van der Waals surface area (Å²) in [7, 11) is 2.06. The van der Waals surface area contributed by atoms with Gasteiger partial charge in [-0.2, -0.15) is 5.10 Å². The number of likely N-dealkylation sites (tertiary alicyclic amines) is 1. The van der Waals surface area contributed by atoms with E-state index in [0.29, 0.717) is 0 Å². The summed E-state index contributed by atoms with van der Waals surface area (Å²) in [6, 6.07) is 0. The molecule has 3 rings (SSSR count). The van der Waals surface area contributed by atoms with Gasteiger partial charge >= 0.3 is 0 Å². The average molecular weight is 341 g/mol. The van der Waals surface area contributed by atoms with Crippen LogP contribution in [-0.4, -0.2) is 39.9 Å². The quantitative estimate of drug-likeness (QED) is 0.915. The maximum atomic E-state index is 4.62. The van der Waals surface area contributed by atoms with Gasteiger partial charge in [0, 0.05) is 32.2 Å².